The van der Waals surface area contributed by atoms with Crippen molar-refractivity contribution in [1.82, 2.24) is 9.97 Å². The molecule has 1 heterocycles. The van der Waals surface area contributed by atoms with Crippen molar-refractivity contribution in [2.24, 2.45) is 11.3 Å². The van der Waals surface area contributed by atoms with Crippen LogP contribution in [0.15, 0.2) is 6.33 Å². The van der Waals surface area contributed by atoms with E-state index in [1.54, 1.807) is 0 Å². The minimum absolute atomic E-state index is 0.395. The Morgan fingerprint density at radius 3 is 2.56 bits per heavy atom. The summed E-state index contributed by atoms with van der Waals surface area (Å²) >= 11 is 0. The zero-order valence-corrected chi connectivity index (χ0v) is 11.3. The van der Waals surface area contributed by atoms with E-state index in [0.717, 1.165) is 17.9 Å². The van der Waals surface area contributed by atoms with E-state index < -0.39 is 0 Å². The number of aromatic nitrogens is 2. The molecule has 1 aliphatic rings. The van der Waals surface area contributed by atoms with Crippen molar-refractivity contribution in [2.45, 2.75) is 46.0 Å². The van der Waals surface area contributed by atoms with Crippen LogP contribution in [0.3, 0.4) is 0 Å². The highest BCUT2D eigenvalue weighted by molar-refractivity contribution is 5.55. The molecule has 0 bridgehead atoms. The number of nitrogen functional groups attached to an aromatic ring is 1. The second-order valence-electron chi connectivity index (χ2n) is 5.57. The number of rotatable bonds is 4. The standard InChI is InChI=1S/C13H23N5/c1-10-11(16-9-17-12(10)18-14)15-8-13(2)6-4-3-5-7-13/h9H,3-8,14H2,1-2H3,(H2,15,16,17,18). The average Bonchev–Trinajstić information content (AvgIpc) is 2.38. The minimum Gasteiger partial charge on any atom is -0.369 e. The van der Waals surface area contributed by atoms with Crippen LogP contribution in [0.5, 0.6) is 0 Å². The minimum atomic E-state index is 0.395. The van der Waals surface area contributed by atoms with E-state index in [1.807, 2.05) is 6.92 Å². The lowest BCUT2D eigenvalue weighted by Gasteiger charge is -2.34. The van der Waals surface area contributed by atoms with Gasteiger partial charge in [0.05, 0.1) is 0 Å². The number of hydrogen-bond acceptors (Lipinski definition) is 5. The van der Waals surface area contributed by atoms with Crippen LogP contribution >= 0.6 is 0 Å². The Morgan fingerprint density at radius 1 is 1.22 bits per heavy atom. The Hall–Kier alpha value is -1.36. The molecule has 100 valence electrons. The third-order valence-electron chi connectivity index (χ3n) is 3.96. The zero-order chi connectivity index (χ0) is 13.0. The molecule has 4 N–H and O–H groups in total. The first-order valence-corrected chi connectivity index (χ1v) is 6.67. The molecular weight excluding hydrogens is 226 g/mol. The molecule has 1 aromatic heterocycles. The molecule has 5 heteroatoms. The first-order chi connectivity index (χ1) is 8.64. The summed E-state index contributed by atoms with van der Waals surface area (Å²) in [4.78, 5) is 8.37. The summed E-state index contributed by atoms with van der Waals surface area (Å²) in [6.45, 7) is 5.30. The van der Waals surface area contributed by atoms with E-state index in [-0.39, 0.29) is 0 Å². The fourth-order valence-corrected chi connectivity index (χ4v) is 2.65. The SMILES string of the molecule is Cc1c(NN)ncnc1NCC1(C)CCCCC1. The van der Waals surface area contributed by atoms with Gasteiger partial charge >= 0.3 is 0 Å². The third-order valence-corrected chi connectivity index (χ3v) is 3.96. The van der Waals surface area contributed by atoms with Crippen LogP contribution in [0.4, 0.5) is 11.6 Å². The Morgan fingerprint density at radius 2 is 1.89 bits per heavy atom. The second kappa shape index (κ2) is 5.52. The highest BCUT2D eigenvalue weighted by Gasteiger charge is 2.26. The van der Waals surface area contributed by atoms with Gasteiger partial charge in [0, 0.05) is 12.1 Å². The maximum atomic E-state index is 5.42. The van der Waals surface area contributed by atoms with E-state index in [4.69, 9.17) is 5.84 Å². The van der Waals surface area contributed by atoms with Crippen LogP contribution in [-0.4, -0.2) is 16.5 Å². The van der Waals surface area contributed by atoms with E-state index in [1.165, 1.54) is 38.4 Å². The number of nitrogens with zero attached hydrogens (tertiary/aromatic N) is 2. The molecule has 0 amide bonds. The smallest absolute Gasteiger partial charge is 0.148 e. The Labute approximate surface area is 109 Å². The Bertz CT molecular complexity index is 398. The van der Waals surface area contributed by atoms with E-state index in [0.29, 0.717) is 11.2 Å². The molecule has 18 heavy (non-hydrogen) atoms. The van der Waals surface area contributed by atoms with Gasteiger partial charge in [-0.1, -0.05) is 26.2 Å². The average molecular weight is 249 g/mol. The highest BCUT2D eigenvalue weighted by Crippen LogP contribution is 2.35. The first-order valence-electron chi connectivity index (χ1n) is 6.67. The number of nitrogens with two attached hydrogens (primary N) is 1. The van der Waals surface area contributed by atoms with E-state index in [9.17, 15) is 0 Å². The second-order valence-corrected chi connectivity index (χ2v) is 5.57. The van der Waals surface area contributed by atoms with Gasteiger partial charge in [0.15, 0.2) is 0 Å². The first kappa shape index (κ1) is 13.1. The maximum absolute atomic E-state index is 5.42. The molecule has 5 nitrogen and oxygen atoms in total. The van der Waals surface area contributed by atoms with Crippen LogP contribution < -0.4 is 16.6 Å². The third kappa shape index (κ3) is 2.90. The molecule has 0 aromatic carbocycles. The monoisotopic (exact) mass is 249 g/mol. The molecule has 1 aromatic rings. The molecule has 0 unspecified atom stereocenters. The van der Waals surface area contributed by atoms with Gasteiger partial charge in [0.2, 0.25) is 0 Å². The van der Waals surface area contributed by atoms with Gasteiger partial charge in [-0.15, -0.1) is 0 Å². The van der Waals surface area contributed by atoms with Crippen molar-refractivity contribution in [3.8, 4) is 0 Å². The van der Waals surface area contributed by atoms with Crippen LogP contribution in [-0.2, 0) is 0 Å². The van der Waals surface area contributed by atoms with Gasteiger partial charge in [-0.25, -0.2) is 15.8 Å². The maximum Gasteiger partial charge on any atom is 0.148 e. The summed E-state index contributed by atoms with van der Waals surface area (Å²) in [5.74, 6) is 6.98. The number of anilines is 2. The van der Waals surface area contributed by atoms with Gasteiger partial charge in [-0.05, 0) is 25.2 Å². The number of hydrogen-bond donors (Lipinski definition) is 3. The number of hydrazine groups is 1. The lowest BCUT2D eigenvalue weighted by Crippen LogP contribution is -2.29. The van der Waals surface area contributed by atoms with Crippen molar-refractivity contribution in [3.63, 3.8) is 0 Å². The fourth-order valence-electron chi connectivity index (χ4n) is 2.65. The van der Waals surface area contributed by atoms with Gasteiger partial charge in [-0.2, -0.15) is 0 Å². The van der Waals surface area contributed by atoms with E-state index in [2.05, 4.69) is 27.6 Å². The molecule has 0 radical (unpaired) electrons. The molecule has 1 saturated carbocycles. The molecule has 0 aliphatic heterocycles. The van der Waals surface area contributed by atoms with Crippen LogP contribution in [0.2, 0.25) is 0 Å². The van der Waals surface area contributed by atoms with Crippen LogP contribution in [0.1, 0.15) is 44.6 Å². The summed E-state index contributed by atoms with van der Waals surface area (Å²) in [6, 6.07) is 0. The van der Waals surface area contributed by atoms with Crippen molar-refractivity contribution in [2.75, 3.05) is 17.3 Å². The zero-order valence-electron chi connectivity index (χ0n) is 11.3. The van der Waals surface area contributed by atoms with Crippen molar-refractivity contribution >= 4 is 11.6 Å². The molecule has 1 fully saturated rings. The van der Waals surface area contributed by atoms with Crippen molar-refractivity contribution < 1.29 is 0 Å². The fraction of sp³-hybridized carbons (Fsp3) is 0.692. The lowest BCUT2D eigenvalue weighted by molar-refractivity contribution is 0.233. The van der Waals surface area contributed by atoms with Gasteiger partial charge in [-0.3, -0.25) is 0 Å². The normalized spacial score (nSPS) is 18.4. The summed E-state index contributed by atoms with van der Waals surface area (Å²) < 4.78 is 0. The van der Waals surface area contributed by atoms with Gasteiger partial charge in [0.25, 0.3) is 0 Å². The van der Waals surface area contributed by atoms with Crippen LogP contribution in [0, 0.1) is 12.3 Å². The predicted octanol–water partition coefficient (Wildman–Crippen LogP) is 2.45. The summed E-state index contributed by atoms with van der Waals surface area (Å²) in [6.07, 6.45) is 8.20. The van der Waals surface area contributed by atoms with Crippen LogP contribution in [0.25, 0.3) is 0 Å². The molecule has 1 aliphatic carbocycles. The predicted molar refractivity (Wildman–Crippen MR) is 74.3 cm³/mol. The van der Waals surface area contributed by atoms with Gasteiger partial charge in [0.1, 0.15) is 18.0 Å². The molecule has 2 rings (SSSR count). The summed E-state index contributed by atoms with van der Waals surface area (Å²) in [5.41, 5.74) is 3.96. The molecule has 0 spiro atoms. The quantitative estimate of drug-likeness (QED) is 0.564. The van der Waals surface area contributed by atoms with Crippen molar-refractivity contribution in [3.05, 3.63) is 11.9 Å². The number of nitrogens with one attached hydrogen (secondary N) is 2. The Kier molecular flexibility index (Phi) is 4.01. The summed E-state index contributed by atoms with van der Waals surface area (Å²) in [7, 11) is 0. The Balaban J connectivity index is 2.01. The van der Waals surface area contributed by atoms with Crippen molar-refractivity contribution in [1.29, 1.82) is 0 Å². The van der Waals surface area contributed by atoms with Gasteiger partial charge < -0.3 is 10.7 Å². The largest absolute Gasteiger partial charge is 0.369 e. The molecule has 0 atom stereocenters. The highest BCUT2D eigenvalue weighted by atomic mass is 15.3. The summed E-state index contributed by atoms with van der Waals surface area (Å²) in [5, 5.41) is 3.45. The van der Waals surface area contributed by atoms with E-state index >= 15 is 0 Å². The topological polar surface area (TPSA) is 75.9 Å². The molecular formula is C13H23N5. The molecule has 0 saturated heterocycles. The lowest BCUT2D eigenvalue weighted by atomic mass is 9.76.